The Hall–Kier alpha value is -4.89. The third-order valence-corrected chi connectivity index (χ3v) is 7.76. The first-order chi connectivity index (χ1) is 19.1. The maximum absolute atomic E-state index is 5.00. The van der Waals surface area contributed by atoms with Crippen LogP contribution in [0, 0.1) is 0 Å². The normalized spacial score (nSPS) is 13.1. The molecule has 1 aliphatic carbocycles. The van der Waals surface area contributed by atoms with Gasteiger partial charge in [0.1, 0.15) is 0 Å². The van der Waals surface area contributed by atoms with Crippen molar-refractivity contribution >= 4 is 0 Å². The van der Waals surface area contributed by atoms with Gasteiger partial charge in [-0.3, -0.25) is 0 Å². The highest BCUT2D eigenvalue weighted by Crippen LogP contribution is 2.49. The summed E-state index contributed by atoms with van der Waals surface area (Å²) >= 11 is 0. The zero-order valence-corrected chi connectivity index (χ0v) is 22.0. The van der Waals surface area contributed by atoms with E-state index >= 15 is 0 Å². The van der Waals surface area contributed by atoms with Crippen molar-refractivity contribution in [1.82, 2.24) is 15.0 Å². The molecule has 0 atom stereocenters. The standard InChI is InChI=1S/C36H27N3/c1-36(2)31-16-10-9-15-29(31)30-23-28(21-22-32(30)36)35-38-33(26-13-7-4-8-14-26)37-34(39-35)27-19-17-25(18-20-27)24-11-5-3-6-12-24/h3-23H,1-2H3. The molecule has 1 aliphatic rings. The molecule has 0 fully saturated rings. The van der Waals surface area contributed by atoms with Crippen LogP contribution >= 0.6 is 0 Å². The molecule has 0 bridgehead atoms. The van der Waals surface area contributed by atoms with Gasteiger partial charge in [0.05, 0.1) is 0 Å². The highest BCUT2D eigenvalue weighted by Gasteiger charge is 2.35. The second-order valence-electron chi connectivity index (χ2n) is 10.5. The number of benzene rings is 5. The van der Waals surface area contributed by atoms with Crippen LogP contribution in [0.25, 0.3) is 56.4 Å². The van der Waals surface area contributed by atoms with Gasteiger partial charge in [0, 0.05) is 22.1 Å². The molecular formula is C36H27N3. The van der Waals surface area contributed by atoms with E-state index in [9.17, 15) is 0 Å². The van der Waals surface area contributed by atoms with Gasteiger partial charge in [-0.2, -0.15) is 0 Å². The molecule has 3 nitrogen and oxygen atoms in total. The van der Waals surface area contributed by atoms with E-state index in [1.807, 2.05) is 36.4 Å². The predicted molar refractivity (Wildman–Crippen MR) is 159 cm³/mol. The Morgan fingerprint density at radius 2 is 0.821 bits per heavy atom. The molecule has 1 aromatic heterocycles. The third-order valence-electron chi connectivity index (χ3n) is 7.76. The largest absolute Gasteiger partial charge is 0.208 e. The van der Waals surface area contributed by atoms with Crippen LogP contribution in [0.15, 0.2) is 127 Å². The SMILES string of the molecule is CC1(C)c2ccccc2-c2cc(-c3nc(-c4ccccc4)nc(-c4ccc(-c5ccccc5)cc4)n3)ccc21. The molecule has 0 N–H and O–H groups in total. The molecule has 6 aromatic rings. The number of aromatic nitrogens is 3. The monoisotopic (exact) mass is 501 g/mol. The minimum Gasteiger partial charge on any atom is -0.208 e. The molecule has 39 heavy (non-hydrogen) atoms. The van der Waals surface area contributed by atoms with Crippen LogP contribution in [0.1, 0.15) is 25.0 Å². The van der Waals surface area contributed by atoms with Crippen LogP contribution in [-0.4, -0.2) is 15.0 Å². The van der Waals surface area contributed by atoms with Crippen molar-refractivity contribution in [3.05, 3.63) is 139 Å². The second kappa shape index (κ2) is 9.14. The van der Waals surface area contributed by atoms with Crippen molar-refractivity contribution in [2.24, 2.45) is 0 Å². The van der Waals surface area contributed by atoms with Gasteiger partial charge in [-0.05, 0) is 39.4 Å². The van der Waals surface area contributed by atoms with Gasteiger partial charge in [-0.15, -0.1) is 0 Å². The first kappa shape index (κ1) is 23.2. The Bertz CT molecular complexity index is 1810. The smallest absolute Gasteiger partial charge is 0.164 e. The second-order valence-corrected chi connectivity index (χ2v) is 10.5. The summed E-state index contributed by atoms with van der Waals surface area (Å²) in [6.07, 6.45) is 0. The average Bonchev–Trinajstić information content (AvgIpc) is 3.24. The zero-order chi connectivity index (χ0) is 26.4. The van der Waals surface area contributed by atoms with E-state index in [1.54, 1.807) is 0 Å². The summed E-state index contributed by atoms with van der Waals surface area (Å²) in [7, 11) is 0. The van der Waals surface area contributed by atoms with E-state index in [2.05, 4.69) is 105 Å². The highest BCUT2D eigenvalue weighted by atomic mass is 15.0. The van der Waals surface area contributed by atoms with Crippen molar-refractivity contribution in [2.45, 2.75) is 19.3 Å². The number of hydrogen-bond donors (Lipinski definition) is 0. The maximum Gasteiger partial charge on any atom is 0.164 e. The number of fused-ring (bicyclic) bond motifs is 3. The molecule has 5 aromatic carbocycles. The van der Waals surface area contributed by atoms with E-state index in [0.717, 1.165) is 22.3 Å². The van der Waals surface area contributed by atoms with E-state index in [4.69, 9.17) is 15.0 Å². The molecule has 0 spiro atoms. The van der Waals surface area contributed by atoms with Crippen LogP contribution in [-0.2, 0) is 5.41 Å². The van der Waals surface area contributed by atoms with Crippen molar-refractivity contribution in [3.8, 4) is 56.4 Å². The van der Waals surface area contributed by atoms with Crippen LogP contribution in [0.5, 0.6) is 0 Å². The van der Waals surface area contributed by atoms with Gasteiger partial charge >= 0.3 is 0 Å². The third kappa shape index (κ3) is 4.04. The fraction of sp³-hybridized carbons (Fsp3) is 0.0833. The number of hydrogen-bond acceptors (Lipinski definition) is 3. The molecule has 7 rings (SSSR count). The van der Waals surface area contributed by atoms with Gasteiger partial charge in [-0.25, -0.2) is 15.0 Å². The summed E-state index contributed by atoms with van der Waals surface area (Å²) in [5, 5.41) is 0. The molecule has 0 saturated carbocycles. The molecule has 0 saturated heterocycles. The predicted octanol–water partition coefficient (Wildman–Crippen LogP) is 8.85. The van der Waals surface area contributed by atoms with E-state index < -0.39 is 0 Å². The lowest BCUT2D eigenvalue weighted by Gasteiger charge is -2.21. The Morgan fingerprint density at radius 3 is 1.49 bits per heavy atom. The lowest BCUT2D eigenvalue weighted by Crippen LogP contribution is -2.14. The van der Waals surface area contributed by atoms with E-state index in [1.165, 1.54) is 27.8 Å². The Morgan fingerprint density at radius 1 is 0.385 bits per heavy atom. The average molecular weight is 502 g/mol. The fourth-order valence-corrected chi connectivity index (χ4v) is 5.65. The van der Waals surface area contributed by atoms with Gasteiger partial charge < -0.3 is 0 Å². The number of rotatable bonds is 4. The van der Waals surface area contributed by atoms with Crippen LogP contribution < -0.4 is 0 Å². The molecule has 0 radical (unpaired) electrons. The molecule has 186 valence electrons. The van der Waals surface area contributed by atoms with Crippen molar-refractivity contribution in [3.63, 3.8) is 0 Å². The first-order valence-electron chi connectivity index (χ1n) is 13.3. The molecular weight excluding hydrogens is 474 g/mol. The molecule has 0 amide bonds. The summed E-state index contributed by atoms with van der Waals surface area (Å²) in [6, 6.07) is 44.3. The molecule has 3 heteroatoms. The van der Waals surface area contributed by atoms with Crippen LogP contribution in [0.3, 0.4) is 0 Å². The summed E-state index contributed by atoms with van der Waals surface area (Å²) in [4.78, 5) is 14.9. The van der Waals surface area contributed by atoms with Crippen LogP contribution in [0.4, 0.5) is 0 Å². The Labute approximate surface area is 228 Å². The fourth-order valence-electron chi connectivity index (χ4n) is 5.65. The van der Waals surface area contributed by atoms with Crippen LogP contribution in [0.2, 0.25) is 0 Å². The Balaban J connectivity index is 1.36. The minimum absolute atomic E-state index is 0.0373. The molecule has 1 heterocycles. The van der Waals surface area contributed by atoms with Crippen molar-refractivity contribution < 1.29 is 0 Å². The quantitative estimate of drug-likeness (QED) is 0.242. The van der Waals surface area contributed by atoms with Gasteiger partial charge in [-0.1, -0.05) is 135 Å². The summed E-state index contributed by atoms with van der Waals surface area (Å²) in [6.45, 7) is 4.59. The Kier molecular flexibility index (Phi) is 5.45. The first-order valence-corrected chi connectivity index (χ1v) is 13.3. The minimum atomic E-state index is -0.0373. The van der Waals surface area contributed by atoms with Crippen molar-refractivity contribution in [1.29, 1.82) is 0 Å². The summed E-state index contributed by atoms with van der Waals surface area (Å²) in [5.41, 5.74) is 10.5. The topological polar surface area (TPSA) is 38.7 Å². The summed E-state index contributed by atoms with van der Waals surface area (Å²) in [5.74, 6) is 2.01. The van der Waals surface area contributed by atoms with Gasteiger partial charge in [0.2, 0.25) is 0 Å². The molecule has 0 unspecified atom stereocenters. The lowest BCUT2D eigenvalue weighted by atomic mass is 9.82. The summed E-state index contributed by atoms with van der Waals surface area (Å²) < 4.78 is 0. The van der Waals surface area contributed by atoms with E-state index in [0.29, 0.717) is 17.5 Å². The van der Waals surface area contributed by atoms with Gasteiger partial charge in [0.25, 0.3) is 0 Å². The maximum atomic E-state index is 5.00. The highest BCUT2D eigenvalue weighted by molar-refractivity contribution is 5.84. The lowest BCUT2D eigenvalue weighted by molar-refractivity contribution is 0.660. The zero-order valence-electron chi connectivity index (χ0n) is 22.0. The van der Waals surface area contributed by atoms with Gasteiger partial charge in [0.15, 0.2) is 17.5 Å². The van der Waals surface area contributed by atoms with E-state index in [-0.39, 0.29) is 5.41 Å². The van der Waals surface area contributed by atoms with Crippen molar-refractivity contribution in [2.75, 3.05) is 0 Å². The number of nitrogens with zero attached hydrogens (tertiary/aromatic N) is 3. The molecule has 0 aliphatic heterocycles.